The summed E-state index contributed by atoms with van der Waals surface area (Å²) >= 11 is 0. The molecule has 0 aliphatic heterocycles. The number of hydrogen-bond donors (Lipinski definition) is 2. The number of nitrogen functional groups attached to an aromatic ring is 1. The molecule has 0 unspecified atom stereocenters. The van der Waals surface area contributed by atoms with Crippen LogP contribution in [0.3, 0.4) is 0 Å². The lowest BCUT2D eigenvalue weighted by atomic mass is 10.1. The number of nitrogens with zero attached hydrogens (tertiary/aromatic N) is 2. The molecule has 1 aromatic carbocycles. The van der Waals surface area contributed by atoms with Gasteiger partial charge in [-0.3, -0.25) is 14.7 Å². The van der Waals surface area contributed by atoms with Crippen LogP contribution in [0.4, 0.5) is 11.4 Å². The average molecular weight is 385 g/mol. The van der Waals surface area contributed by atoms with Gasteiger partial charge in [-0.25, -0.2) is 0 Å². The predicted molar refractivity (Wildman–Crippen MR) is 109 cm³/mol. The predicted octanol–water partition coefficient (Wildman–Crippen LogP) is 3.53. The second-order valence-electron chi connectivity index (χ2n) is 5.47. The third kappa shape index (κ3) is 7.73. The van der Waals surface area contributed by atoms with E-state index in [4.69, 9.17) is 5.73 Å². The first-order valence-corrected chi connectivity index (χ1v) is 7.92. The molecular weight excluding hydrogens is 359 g/mol. The minimum absolute atomic E-state index is 0. The molecule has 0 spiro atoms. The van der Waals surface area contributed by atoms with E-state index in [0.717, 1.165) is 25.3 Å². The van der Waals surface area contributed by atoms with Crippen molar-refractivity contribution in [2.24, 2.45) is 0 Å². The zero-order valence-electron chi connectivity index (χ0n) is 14.6. The smallest absolute Gasteiger partial charge is 0.230 e. The summed E-state index contributed by atoms with van der Waals surface area (Å²) in [7, 11) is 0. The minimum Gasteiger partial charge on any atom is -0.397 e. The zero-order valence-corrected chi connectivity index (χ0v) is 16.2. The molecule has 7 heteroatoms. The summed E-state index contributed by atoms with van der Waals surface area (Å²) in [4.78, 5) is 18.6. The molecule has 3 N–H and O–H groups in total. The maximum Gasteiger partial charge on any atom is 0.230 e. The number of nitrogens with one attached hydrogen (secondary N) is 1. The van der Waals surface area contributed by atoms with Crippen LogP contribution >= 0.6 is 24.8 Å². The fourth-order valence-electron chi connectivity index (χ4n) is 2.36. The molecule has 2 aromatic rings. The first-order valence-electron chi connectivity index (χ1n) is 7.92. The van der Waals surface area contributed by atoms with E-state index >= 15 is 0 Å². The van der Waals surface area contributed by atoms with Crippen molar-refractivity contribution in [3.8, 4) is 0 Å². The maximum absolute atomic E-state index is 12.1. The molecular formula is C18H26Cl2N4O. The highest BCUT2D eigenvalue weighted by Gasteiger charge is 2.07. The third-order valence-corrected chi connectivity index (χ3v) is 3.70. The zero-order chi connectivity index (χ0) is 16.7. The first-order chi connectivity index (χ1) is 11.1. The summed E-state index contributed by atoms with van der Waals surface area (Å²) in [5.74, 6) is -0.0812. The molecule has 1 aromatic heterocycles. The van der Waals surface area contributed by atoms with Crippen LogP contribution in [0.5, 0.6) is 0 Å². The van der Waals surface area contributed by atoms with E-state index < -0.39 is 0 Å². The van der Waals surface area contributed by atoms with Crippen molar-refractivity contribution in [2.75, 3.05) is 24.1 Å². The van der Waals surface area contributed by atoms with Crippen molar-refractivity contribution in [2.45, 2.75) is 26.8 Å². The normalized spacial score (nSPS) is 9.88. The Hall–Kier alpha value is -1.82. The number of carbonyl (C=O) groups is 1. The fourth-order valence-corrected chi connectivity index (χ4v) is 2.36. The quantitative estimate of drug-likeness (QED) is 0.765. The van der Waals surface area contributed by atoms with E-state index in [1.165, 1.54) is 5.56 Å². The second-order valence-corrected chi connectivity index (χ2v) is 5.47. The molecule has 0 aliphatic carbocycles. The van der Waals surface area contributed by atoms with Gasteiger partial charge in [0.1, 0.15) is 0 Å². The van der Waals surface area contributed by atoms with Gasteiger partial charge in [0, 0.05) is 17.9 Å². The molecule has 0 radical (unpaired) electrons. The summed E-state index contributed by atoms with van der Waals surface area (Å²) < 4.78 is 0. The summed E-state index contributed by atoms with van der Waals surface area (Å²) in [5.41, 5.74) is 8.90. The van der Waals surface area contributed by atoms with Crippen LogP contribution in [0.2, 0.25) is 0 Å². The molecule has 0 fully saturated rings. The Morgan fingerprint density at radius 1 is 1.16 bits per heavy atom. The molecule has 0 bridgehead atoms. The standard InChI is InChI=1S/C18H24N4O.2ClH/c1-3-22(4-2)13-14-6-5-7-17(10-14)21-18(23)11-16-9-8-15(19)12-20-16;;/h5-10,12H,3-4,11,13,19H2,1-2H3,(H,21,23);2*1H. The van der Waals surface area contributed by atoms with Gasteiger partial charge in [0.2, 0.25) is 5.91 Å². The molecule has 1 amide bonds. The highest BCUT2D eigenvalue weighted by atomic mass is 35.5. The molecule has 0 saturated carbocycles. The van der Waals surface area contributed by atoms with Gasteiger partial charge in [0.25, 0.3) is 0 Å². The van der Waals surface area contributed by atoms with Crippen LogP contribution in [0.1, 0.15) is 25.1 Å². The van der Waals surface area contributed by atoms with Crippen molar-refractivity contribution < 1.29 is 4.79 Å². The summed E-state index contributed by atoms with van der Waals surface area (Å²) in [6.07, 6.45) is 1.80. The number of halogens is 2. The Bertz CT molecular complexity index is 646. The summed E-state index contributed by atoms with van der Waals surface area (Å²) in [5, 5.41) is 2.93. The largest absolute Gasteiger partial charge is 0.397 e. The van der Waals surface area contributed by atoms with Crippen LogP contribution in [0.15, 0.2) is 42.6 Å². The van der Waals surface area contributed by atoms with E-state index in [1.807, 2.05) is 18.2 Å². The van der Waals surface area contributed by atoms with Gasteiger partial charge in [-0.15, -0.1) is 24.8 Å². The number of nitrogens with two attached hydrogens (primary N) is 1. The Labute approximate surface area is 161 Å². The molecule has 2 rings (SSSR count). The molecule has 138 valence electrons. The van der Waals surface area contributed by atoms with Crippen LogP contribution in [0.25, 0.3) is 0 Å². The lowest BCUT2D eigenvalue weighted by Gasteiger charge is -2.18. The summed E-state index contributed by atoms with van der Waals surface area (Å²) in [6, 6.07) is 11.5. The fraction of sp³-hybridized carbons (Fsp3) is 0.333. The Kier molecular flexibility index (Phi) is 10.8. The van der Waals surface area contributed by atoms with Crippen molar-refractivity contribution in [3.05, 3.63) is 53.9 Å². The topological polar surface area (TPSA) is 71.2 Å². The van der Waals surface area contributed by atoms with E-state index in [2.05, 4.69) is 35.1 Å². The van der Waals surface area contributed by atoms with Crippen LogP contribution in [0, 0.1) is 0 Å². The SMILES string of the molecule is CCN(CC)Cc1cccc(NC(=O)Cc2ccc(N)cn2)c1.Cl.Cl. The highest BCUT2D eigenvalue weighted by molar-refractivity contribution is 5.92. The number of benzene rings is 1. The lowest BCUT2D eigenvalue weighted by Crippen LogP contribution is -2.22. The second kappa shape index (κ2) is 11.7. The number of rotatable bonds is 7. The third-order valence-electron chi connectivity index (χ3n) is 3.70. The number of aromatic nitrogens is 1. The van der Waals surface area contributed by atoms with E-state index in [-0.39, 0.29) is 37.1 Å². The first kappa shape index (κ1) is 23.2. The number of carbonyl (C=O) groups excluding carboxylic acids is 1. The number of anilines is 2. The molecule has 0 saturated heterocycles. The van der Waals surface area contributed by atoms with Gasteiger partial charge in [-0.05, 0) is 42.9 Å². The van der Waals surface area contributed by atoms with Crippen molar-refractivity contribution in [3.63, 3.8) is 0 Å². The monoisotopic (exact) mass is 384 g/mol. The van der Waals surface area contributed by atoms with E-state index in [0.29, 0.717) is 11.4 Å². The van der Waals surface area contributed by atoms with Gasteiger partial charge in [-0.2, -0.15) is 0 Å². The van der Waals surface area contributed by atoms with Gasteiger partial charge in [0.05, 0.1) is 18.3 Å². The number of pyridine rings is 1. The molecule has 0 atom stereocenters. The summed E-state index contributed by atoms with van der Waals surface area (Å²) in [6.45, 7) is 7.20. The average Bonchev–Trinajstić information content (AvgIpc) is 2.55. The molecule has 0 aliphatic rings. The lowest BCUT2D eigenvalue weighted by molar-refractivity contribution is -0.115. The van der Waals surface area contributed by atoms with Gasteiger partial charge >= 0.3 is 0 Å². The molecule has 5 nitrogen and oxygen atoms in total. The molecule has 1 heterocycles. The van der Waals surface area contributed by atoms with Crippen molar-refractivity contribution in [1.82, 2.24) is 9.88 Å². The highest BCUT2D eigenvalue weighted by Crippen LogP contribution is 2.13. The van der Waals surface area contributed by atoms with Crippen LogP contribution in [-0.2, 0) is 17.8 Å². The minimum atomic E-state index is -0.0812. The molecule has 25 heavy (non-hydrogen) atoms. The Balaban J connectivity index is 0.00000288. The van der Waals surface area contributed by atoms with E-state index in [1.54, 1.807) is 18.3 Å². The van der Waals surface area contributed by atoms with Gasteiger partial charge in [-0.1, -0.05) is 26.0 Å². The van der Waals surface area contributed by atoms with Gasteiger partial charge in [0.15, 0.2) is 0 Å². The Morgan fingerprint density at radius 3 is 2.48 bits per heavy atom. The van der Waals surface area contributed by atoms with Crippen LogP contribution in [-0.4, -0.2) is 28.9 Å². The van der Waals surface area contributed by atoms with Crippen molar-refractivity contribution in [1.29, 1.82) is 0 Å². The van der Waals surface area contributed by atoms with Crippen LogP contribution < -0.4 is 11.1 Å². The maximum atomic E-state index is 12.1. The van der Waals surface area contributed by atoms with Gasteiger partial charge < -0.3 is 11.1 Å². The van der Waals surface area contributed by atoms with E-state index in [9.17, 15) is 4.79 Å². The number of hydrogen-bond acceptors (Lipinski definition) is 4. The Morgan fingerprint density at radius 2 is 1.88 bits per heavy atom. The van der Waals surface area contributed by atoms with Crippen molar-refractivity contribution >= 4 is 42.1 Å². The number of amides is 1.